The van der Waals surface area contributed by atoms with Crippen LogP contribution in [0.3, 0.4) is 0 Å². The Bertz CT molecular complexity index is 4800. The van der Waals surface area contributed by atoms with Crippen LogP contribution < -0.4 is 0 Å². The Morgan fingerprint density at radius 2 is 0.642 bits per heavy atom. The molecule has 0 N–H and O–H groups in total. The lowest BCUT2D eigenvalue weighted by atomic mass is 9.97. The van der Waals surface area contributed by atoms with Gasteiger partial charge in [-0.1, -0.05) is 84.9 Å². The molecule has 10 aromatic carbocycles. The molecule has 0 saturated heterocycles. The number of nitrogens with zero attached hydrogens (tertiary/aromatic N) is 11. The molecule has 0 amide bonds. The largest absolute Gasteiger partial charge is 0.307 e. The number of aryl methyl sites for hydroxylation is 1. The highest BCUT2D eigenvalue weighted by Gasteiger charge is 2.24. The van der Waals surface area contributed by atoms with Crippen molar-refractivity contribution < 1.29 is 0 Å². The van der Waals surface area contributed by atoms with Crippen LogP contribution in [0.5, 0.6) is 0 Å². The summed E-state index contributed by atoms with van der Waals surface area (Å²) in [6.07, 6.45) is 0. The maximum absolute atomic E-state index is 10.1. The standard InChI is InChI=1S/C70H33N11/c1-41-18-69(80-65-31-46(51-20-42(37-71)19-43(21-51)38-72)10-14-60(65)61-17-13-49(34-66(61)80)54-29-58(78-5)35-59(30-54)79-6)70(36-64(41)50-8-7-9-55(26-50)75-2)81-67-32-47(52-22-44(39-73)24-56(27-52)76-3)11-15-62(67)63-16-12-48(33-68(63)81)53-23-45(40-74)25-57(28-53)77-4/h7-36H,1H3. The lowest BCUT2D eigenvalue weighted by molar-refractivity contribution is 1.09. The van der Waals surface area contributed by atoms with Gasteiger partial charge in [0.2, 0.25) is 0 Å². The van der Waals surface area contributed by atoms with Crippen molar-refractivity contribution in [2.24, 2.45) is 0 Å². The summed E-state index contributed by atoms with van der Waals surface area (Å²) in [7, 11) is 0. The van der Waals surface area contributed by atoms with Crippen molar-refractivity contribution in [1.29, 1.82) is 21.0 Å². The smallest absolute Gasteiger partial charge is 0.189 e. The van der Waals surface area contributed by atoms with Gasteiger partial charge in [-0.25, -0.2) is 24.2 Å². The van der Waals surface area contributed by atoms with Gasteiger partial charge in [-0.2, -0.15) is 21.0 Å². The van der Waals surface area contributed by atoms with Crippen LogP contribution >= 0.6 is 0 Å². The molecular weight excluding hydrogens is 995 g/mol. The average Bonchev–Trinajstić information content (AvgIpc) is 3.10. The first kappa shape index (κ1) is 49.1. The third kappa shape index (κ3) is 8.51. The molecule has 12 rings (SSSR count). The second-order valence-electron chi connectivity index (χ2n) is 19.4. The molecule has 0 radical (unpaired) electrons. The first-order valence-electron chi connectivity index (χ1n) is 25.1. The van der Waals surface area contributed by atoms with E-state index in [1.54, 1.807) is 78.9 Å². The number of benzene rings is 10. The van der Waals surface area contributed by atoms with Gasteiger partial charge in [0.05, 0.1) is 102 Å². The average molecular weight is 1030 g/mol. The second kappa shape index (κ2) is 19.7. The number of rotatable bonds is 7. The van der Waals surface area contributed by atoms with Crippen LogP contribution in [-0.4, -0.2) is 9.13 Å². The van der Waals surface area contributed by atoms with Gasteiger partial charge in [0.15, 0.2) is 28.4 Å². The number of nitriles is 4. The molecule has 0 unspecified atom stereocenters. The Labute approximate surface area is 465 Å². The maximum Gasteiger partial charge on any atom is 0.189 e. The van der Waals surface area contributed by atoms with Gasteiger partial charge in [0.1, 0.15) is 0 Å². The zero-order valence-corrected chi connectivity index (χ0v) is 42.7. The van der Waals surface area contributed by atoms with Gasteiger partial charge in [0, 0.05) is 32.7 Å². The van der Waals surface area contributed by atoms with Crippen molar-refractivity contribution in [2.75, 3.05) is 0 Å². The molecule has 2 heterocycles. The fraction of sp³-hybridized carbons (Fsp3) is 0.0143. The van der Waals surface area contributed by atoms with Crippen LogP contribution in [0.15, 0.2) is 182 Å². The molecule has 0 saturated carbocycles. The van der Waals surface area contributed by atoms with E-state index >= 15 is 0 Å². The van der Waals surface area contributed by atoms with E-state index in [1.165, 1.54) is 0 Å². The summed E-state index contributed by atoms with van der Waals surface area (Å²) in [4.78, 5) is 18.6. The van der Waals surface area contributed by atoms with Gasteiger partial charge in [-0.3, -0.25) is 0 Å². The highest BCUT2D eigenvalue weighted by atomic mass is 15.1. The van der Waals surface area contributed by atoms with Crippen molar-refractivity contribution in [2.45, 2.75) is 6.92 Å². The van der Waals surface area contributed by atoms with Crippen LogP contribution in [0.4, 0.5) is 28.4 Å². The molecule has 0 aliphatic rings. The molecule has 12 aromatic rings. The normalized spacial score (nSPS) is 10.7. The highest BCUT2D eigenvalue weighted by molar-refractivity contribution is 6.14. The Kier molecular flexibility index (Phi) is 12.0. The topological polar surface area (TPSA) is 127 Å². The third-order valence-corrected chi connectivity index (χ3v) is 14.7. The van der Waals surface area contributed by atoms with E-state index in [1.807, 2.05) is 73.7 Å². The summed E-state index contributed by atoms with van der Waals surface area (Å²) in [5.41, 5.74) is 15.9. The summed E-state index contributed by atoms with van der Waals surface area (Å²) in [6.45, 7) is 41.7. The van der Waals surface area contributed by atoms with Crippen LogP contribution in [-0.2, 0) is 0 Å². The minimum atomic E-state index is 0.319. The van der Waals surface area contributed by atoms with Crippen molar-refractivity contribution in [3.05, 3.63) is 267 Å². The molecule has 0 bridgehead atoms. The number of fused-ring (bicyclic) bond motifs is 6. The summed E-state index contributed by atoms with van der Waals surface area (Å²) >= 11 is 0. The Hall–Kier alpha value is -12.8. The predicted molar refractivity (Wildman–Crippen MR) is 317 cm³/mol. The van der Waals surface area contributed by atoms with Crippen molar-refractivity contribution in [1.82, 2.24) is 9.13 Å². The van der Waals surface area contributed by atoms with Crippen molar-refractivity contribution >= 4 is 72.0 Å². The first-order valence-corrected chi connectivity index (χ1v) is 25.1. The summed E-state index contributed by atoms with van der Waals surface area (Å²) in [5, 5.41) is 44.0. The van der Waals surface area contributed by atoms with Gasteiger partial charge in [0.25, 0.3) is 0 Å². The molecule has 0 spiro atoms. The molecule has 11 nitrogen and oxygen atoms in total. The fourth-order valence-corrected chi connectivity index (χ4v) is 11.0. The van der Waals surface area contributed by atoms with E-state index in [0.717, 1.165) is 88.2 Å². The van der Waals surface area contributed by atoms with Crippen LogP contribution in [0.25, 0.3) is 135 Å². The molecule has 368 valence electrons. The van der Waals surface area contributed by atoms with Crippen molar-refractivity contribution in [3.8, 4) is 91.3 Å². The van der Waals surface area contributed by atoms with E-state index < -0.39 is 0 Å². The lowest BCUT2D eigenvalue weighted by Crippen LogP contribution is -2.05. The zero-order chi connectivity index (χ0) is 56.1. The number of aromatic nitrogens is 2. The van der Waals surface area contributed by atoms with Gasteiger partial charge in [-0.05, 0) is 165 Å². The summed E-state index contributed by atoms with van der Waals surface area (Å²) in [6, 6.07) is 65.4. The quantitative estimate of drug-likeness (QED) is 0.147. The Balaban J connectivity index is 1.26. The Morgan fingerprint density at radius 1 is 0.309 bits per heavy atom. The lowest BCUT2D eigenvalue weighted by Gasteiger charge is -2.21. The van der Waals surface area contributed by atoms with E-state index in [0.29, 0.717) is 78.6 Å². The van der Waals surface area contributed by atoms with E-state index in [2.05, 4.69) is 94.0 Å². The molecule has 81 heavy (non-hydrogen) atoms. The summed E-state index contributed by atoms with van der Waals surface area (Å²) in [5.74, 6) is 0. The van der Waals surface area contributed by atoms with Crippen molar-refractivity contribution in [3.63, 3.8) is 0 Å². The molecule has 11 heteroatoms. The Morgan fingerprint density at radius 3 is 1.02 bits per heavy atom. The first-order chi connectivity index (χ1) is 39.5. The van der Waals surface area contributed by atoms with E-state index in [4.69, 9.17) is 32.9 Å². The highest BCUT2D eigenvalue weighted by Crippen LogP contribution is 2.45. The van der Waals surface area contributed by atoms with Gasteiger partial charge in [-0.15, -0.1) is 0 Å². The van der Waals surface area contributed by atoms with E-state index in [-0.39, 0.29) is 0 Å². The van der Waals surface area contributed by atoms with E-state index in [9.17, 15) is 21.0 Å². The predicted octanol–water partition coefficient (Wildman–Crippen LogP) is 18.8. The van der Waals surface area contributed by atoms with Gasteiger partial charge >= 0.3 is 0 Å². The third-order valence-electron chi connectivity index (χ3n) is 14.7. The molecule has 0 fully saturated rings. The minimum absolute atomic E-state index is 0.319. The molecule has 0 aliphatic heterocycles. The van der Waals surface area contributed by atoms with Crippen LogP contribution in [0.1, 0.15) is 27.8 Å². The molecule has 2 aromatic heterocycles. The number of hydrogen-bond acceptors (Lipinski definition) is 4. The zero-order valence-electron chi connectivity index (χ0n) is 42.7. The fourth-order valence-electron chi connectivity index (χ4n) is 11.0. The van der Waals surface area contributed by atoms with Gasteiger partial charge < -0.3 is 9.13 Å². The SMILES string of the molecule is [C-]#[N+]c1cc(C#N)cc(-c2ccc3c4ccc(-c5cc(C#N)cc([N+]#[C-])c5)cc4n(-c4cc(-c5cccc([N+]#[C-])c5)c(C)cc4-n4c5cc(-c6cc(C#N)cc(C#N)c6)ccc5c5ccc(-c6cc([N+]#[C-])cc([N+]#[C-])c6)cc54)c3c2)c1. The number of hydrogen-bond donors (Lipinski definition) is 0. The maximum atomic E-state index is 10.1. The monoisotopic (exact) mass is 1030 g/mol. The summed E-state index contributed by atoms with van der Waals surface area (Å²) < 4.78 is 4.40. The van der Waals surface area contributed by atoms with Crippen LogP contribution in [0.2, 0.25) is 0 Å². The molecule has 0 atom stereocenters. The molecule has 0 aliphatic carbocycles. The minimum Gasteiger partial charge on any atom is -0.307 e. The second-order valence-corrected chi connectivity index (χ2v) is 19.4. The van der Waals surface area contributed by atoms with Crippen LogP contribution in [0, 0.1) is 85.1 Å². The molecular formula is C70H33N11.